The normalized spacial score (nSPS) is 18.1. The molecule has 4 amide bonds. The van der Waals surface area contributed by atoms with E-state index in [1.807, 2.05) is 31.2 Å². The van der Waals surface area contributed by atoms with E-state index in [0.717, 1.165) is 26.6 Å². The lowest BCUT2D eigenvalue weighted by Gasteiger charge is -2.35. The Morgan fingerprint density at radius 1 is 1.21 bits per heavy atom. The van der Waals surface area contributed by atoms with Crippen molar-refractivity contribution in [2.24, 2.45) is 5.41 Å². The number of aliphatic hydroxyl groups excluding tert-OH is 1. The SMILES string of the molecule is Cc1ncsc1-c1ccc(CNC(=O)[C@@H]2C[C@@H](O)CN2C(=O)C(NC(=O)CN(C)C(=O)O)C(C)(C)C)cc1. The Balaban J connectivity index is 1.67. The highest BCUT2D eigenvalue weighted by Gasteiger charge is 2.44. The minimum Gasteiger partial charge on any atom is -0.465 e. The van der Waals surface area contributed by atoms with Crippen LogP contribution in [0.4, 0.5) is 4.79 Å². The van der Waals surface area contributed by atoms with Crippen molar-refractivity contribution in [3.05, 3.63) is 41.0 Å². The van der Waals surface area contributed by atoms with Gasteiger partial charge in [0.1, 0.15) is 18.6 Å². The van der Waals surface area contributed by atoms with Gasteiger partial charge in [-0.1, -0.05) is 45.0 Å². The summed E-state index contributed by atoms with van der Waals surface area (Å²) in [5.74, 6) is -1.55. The molecule has 1 aliphatic heterocycles. The van der Waals surface area contributed by atoms with Crippen molar-refractivity contribution in [2.75, 3.05) is 20.1 Å². The van der Waals surface area contributed by atoms with Gasteiger partial charge in [-0.05, 0) is 23.5 Å². The van der Waals surface area contributed by atoms with E-state index in [-0.39, 0.29) is 19.5 Å². The topological polar surface area (TPSA) is 152 Å². The predicted octanol–water partition coefficient (Wildman–Crippen LogP) is 1.84. The van der Waals surface area contributed by atoms with Crippen molar-refractivity contribution >= 4 is 35.2 Å². The summed E-state index contributed by atoms with van der Waals surface area (Å²) >= 11 is 1.56. The number of carboxylic acid groups (broad SMARTS) is 1. The fraction of sp³-hybridized carbons (Fsp3) is 0.500. The lowest BCUT2D eigenvalue weighted by molar-refractivity contribution is -0.144. The second kappa shape index (κ2) is 11.9. The number of carbonyl (C=O) groups excluding carboxylic acids is 3. The second-order valence-corrected chi connectivity index (χ2v) is 11.4. The van der Waals surface area contributed by atoms with Gasteiger partial charge in [0.2, 0.25) is 17.7 Å². The molecule has 2 heterocycles. The van der Waals surface area contributed by atoms with Crippen LogP contribution < -0.4 is 10.6 Å². The van der Waals surface area contributed by atoms with Gasteiger partial charge in [0, 0.05) is 26.6 Å². The van der Waals surface area contributed by atoms with Gasteiger partial charge in [-0.25, -0.2) is 9.78 Å². The Hall–Kier alpha value is -3.51. The van der Waals surface area contributed by atoms with Gasteiger partial charge in [-0.15, -0.1) is 11.3 Å². The number of likely N-dealkylation sites (tertiary alicyclic amines) is 1. The van der Waals surface area contributed by atoms with Gasteiger partial charge in [0.25, 0.3) is 0 Å². The zero-order valence-electron chi connectivity index (χ0n) is 22.2. The van der Waals surface area contributed by atoms with Gasteiger partial charge >= 0.3 is 6.09 Å². The second-order valence-electron chi connectivity index (χ2n) is 10.6. The number of β-amino-alcohol motifs (C(OH)–C–C–N with tert-alkyl or cyclic N) is 1. The molecule has 12 heteroatoms. The zero-order valence-corrected chi connectivity index (χ0v) is 23.0. The fourth-order valence-electron chi connectivity index (χ4n) is 4.27. The van der Waals surface area contributed by atoms with E-state index in [0.29, 0.717) is 0 Å². The monoisotopic (exact) mass is 545 g/mol. The molecule has 0 radical (unpaired) electrons. The number of aryl methyl sites for hydroxylation is 1. The number of amides is 4. The summed E-state index contributed by atoms with van der Waals surface area (Å²) in [6.07, 6.45) is -2.08. The summed E-state index contributed by atoms with van der Waals surface area (Å²) in [6.45, 7) is 6.99. The van der Waals surface area contributed by atoms with Gasteiger partial charge in [0.05, 0.1) is 22.2 Å². The van der Waals surface area contributed by atoms with E-state index in [1.165, 1.54) is 11.9 Å². The Kier molecular flexibility index (Phi) is 9.10. The Morgan fingerprint density at radius 3 is 2.42 bits per heavy atom. The molecule has 0 spiro atoms. The van der Waals surface area contributed by atoms with Crippen molar-refractivity contribution in [1.82, 2.24) is 25.4 Å². The highest BCUT2D eigenvalue weighted by molar-refractivity contribution is 7.13. The molecule has 1 aliphatic rings. The van der Waals surface area contributed by atoms with E-state index in [9.17, 15) is 24.3 Å². The molecule has 206 valence electrons. The molecule has 1 fully saturated rings. The molecule has 0 aliphatic carbocycles. The average Bonchev–Trinajstić information content (AvgIpc) is 3.45. The summed E-state index contributed by atoms with van der Waals surface area (Å²) in [5.41, 5.74) is 3.94. The third-order valence-corrected chi connectivity index (χ3v) is 7.40. The molecule has 3 atom stereocenters. The van der Waals surface area contributed by atoms with Crippen LogP contribution in [0.3, 0.4) is 0 Å². The molecule has 1 aromatic carbocycles. The first-order valence-corrected chi connectivity index (χ1v) is 13.1. The van der Waals surface area contributed by atoms with Crippen LogP contribution in [0.2, 0.25) is 0 Å². The van der Waals surface area contributed by atoms with E-state index in [2.05, 4.69) is 15.6 Å². The molecule has 3 rings (SSSR count). The van der Waals surface area contributed by atoms with Crippen LogP contribution in [0.5, 0.6) is 0 Å². The highest BCUT2D eigenvalue weighted by atomic mass is 32.1. The number of nitrogens with one attached hydrogen (secondary N) is 2. The molecule has 1 unspecified atom stereocenters. The summed E-state index contributed by atoms with van der Waals surface area (Å²) in [5, 5.41) is 24.8. The third kappa shape index (κ3) is 7.07. The molecule has 1 saturated heterocycles. The quantitative estimate of drug-likeness (QED) is 0.395. The molecular formula is C26H35N5O6S. The average molecular weight is 546 g/mol. The third-order valence-electron chi connectivity index (χ3n) is 6.42. The number of hydrogen-bond donors (Lipinski definition) is 4. The molecule has 0 bridgehead atoms. The minimum absolute atomic E-state index is 0.0443. The summed E-state index contributed by atoms with van der Waals surface area (Å²) in [4.78, 5) is 57.6. The van der Waals surface area contributed by atoms with Gasteiger partial charge in [0.15, 0.2) is 0 Å². The number of likely N-dealkylation sites (N-methyl/N-ethyl adjacent to an activating group) is 1. The van der Waals surface area contributed by atoms with Crippen LogP contribution in [0.15, 0.2) is 29.8 Å². The van der Waals surface area contributed by atoms with Gasteiger partial charge < -0.3 is 30.6 Å². The van der Waals surface area contributed by atoms with E-state index in [1.54, 1.807) is 37.6 Å². The molecule has 11 nitrogen and oxygen atoms in total. The van der Waals surface area contributed by atoms with Crippen LogP contribution >= 0.6 is 11.3 Å². The van der Waals surface area contributed by atoms with E-state index < -0.39 is 54.0 Å². The molecule has 38 heavy (non-hydrogen) atoms. The number of hydrogen-bond acceptors (Lipinski definition) is 7. The van der Waals surface area contributed by atoms with Crippen LogP contribution in [-0.2, 0) is 20.9 Å². The molecule has 1 aromatic heterocycles. The van der Waals surface area contributed by atoms with Crippen LogP contribution in [0, 0.1) is 12.3 Å². The predicted molar refractivity (Wildman–Crippen MR) is 142 cm³/mol. The standard InChI is InChI=1S/C26H35N5O6S/c1-15-21(38-14-28-15)17-8-6-16(7-9-17)11-27-23(34)19-10-18(32)12-31(19)24(35)22(26(2,3)4)29-20(33)13-30(5)25(36)37/h6-9,14,18-19,22,32H,10-13H2,1-5H3,(H,27,34)(H,29,33)(H,36,37)/t18-,19+,22?/m1/s1. The minimum atomic E-state index is -1.27. The lowest BCUT2D eigenvalue weighted by atomic mass is 9.85. The molecule has 4 N–H and O–H groups in total. The number of thiazole rings is 1. The molecule has 0 saturated carbocycles. The van der Waals surface area contributed by atoms with Crippen molar-refractivity contribution in [3.63, 3.8) is 0 Å². The zero-order chi connectivity index (χ0) is 28.2. The van der Waals surface area contributed by atoms with Crippen LogP contribution in [-0.4, -0.2) is 87.1 Å². The Labute approximate surface area is 225 Å². The molecule has 2 aromatic rings. The first kappa shape index (κ1) is 29.1. The lowest BCUT2D eigenvalue weighted by Crippen LogP contribution is -2.58. The van der Waals surface area contributed by atoms with Crippen molar-refractivity contribution < 1.29 is 29.4 Å². The van der Waals surface area contributed by atoms with Gasteiger partial charge in [-0.3, -0.25) is 14.4 Å². The number of benzene rings is 1. The smallest absolute Gasteiger partial charge is 0.407 e. The first-order chi connectivity index (χ1) is 17.8. The summed E-state index contributed by atoms with van der Waals surface area (Å²) in [6, 6.07) is 5.84. The number of nitrogens with zero attached hydrogens (tertiary/aromatic N) is 3. The largest absolute Gasteiger partial charge is 0.465 e. The Bertz CT molecular complexity index is 1180. The number of rotatable bonds is 8. The maximum absolute atomic E-state index is 13.5. The molecular weight excluding hydrogens is 510 g/mol. The number of aliphatic hydroxyl groups is 1. The van der Waals surface area contributed by atoms with Crippen molar-refractivity contribution in [1.29, 1.82) is 0 Å². The van der Waals surface area contributed by atoms with E-state index >= 15 is 0 Å². The van der Waals surface area contributed by atoms with Crippen LogP contribution in [0.1, 0.15) is 38.4 Å². The van der Waals surface area contributed by atoms with Crippen LogP contribution in [0.25, 0.3) is 10.4 Å². The van der Waals surface area contributed by atoms with Gasteiger partial charge in [-0.2, -0.15) is 0 Å². The maximum atomic E-state index is 13.5. The highest BCUT2D eigenvalue weighted by Crippen LogP contribution is 2.28. The van der Waals surface area contributed by atoms with Crippen molar-refractivity contribution in [2.45, 2.75) is 58.8 Å². The fourth-order valence-corrected chi connectivity index (χ4v) is 5.08. The number of carbonyl (C=O) groups is 4. The maximum Gasteiger partial charge on any atom is 0.407 e. The summed E-state index contributed by atoms with van der Waals surface area (Å²) in [7, 11) is 1.25. The summed E-state index contributed by atoms with van der Waals surface area (Å²) < 4.78 is 0. The number of aromatic nitrogens is 1. The van der Waals surface area contributed by atoms with Crippen molar-refractivity contribution in [3.8, 4) is 10.4 Å². The van der Waals surface area contributed by atoms with E-state index in [4.69, 9.17) is 5.11 Å². The Morgan fingerprint density at radius 2 is 1.87 bits per heavy atom. The first-order valence-electron chi connectivity index (χ1n) is 12.3.